The zero-order valence-electron chi connectivity index (χ0n) is 8.96. The van der Waals surface area contributed by atoms with Gasteiger partial charge in [-0.25, -0.2) is 0 Å². The Morgan fingerprint density at radius 1 is 1.33 bits per heavy atom. The van der Waals surface area contributed by atoms with Crippen molar-refractivity contribution in [2.24, 2.45) is 0 Å². The average Bonchev–Trinajstić information content (AvgIpc) is 2.35. The second-order valence-corrected chi connectivity index (χ2v) is 3.23. The zero-order valence-corrected chi connectivity index (χ0v) is 7.96. The van der Waals surface area contributed by atoms with Crippen LogP contribution in [0.15, 0.2) is 24.3 Å². The van der Waals surface area contributed by atoms with Crippen molar-refractivity contribution in [3.63, 3.8) is 0 Å². The molecule has 12 heavy (non-hydrogen) atoms. The topological polar surface area (TPSA) is 0 Å². The molecule has 0 fully saturated rings. The van der Waals surface area contributed by atoms with Gasteiger partial charge in [0.05, 0.1) is 0 Å². The van der Waals surface area contributed by atoms with Crippen LogP contribution in [0.2, 0.25) is 0 Å². The molecule has 0 aromatic heterocycles. The molecule has 1 aromatic rings. The van der Waals surface area contributed by atoms with Crippen LogP contribution in [-0.4, -0.2) is 0 Å². The third kappa shape index (κ3) is 1.38. The molecule has 1 aliphatic rings. The molecular weight excluding hydrogens is 139 g/mol. The van der Waals surface area contributed by atoms with Gasteiger partial charge in [-0.1, -0.05) is 37.3 Å². The van der Waals surface area contributed by atoms with E-state index in [0.29, 0.717) is 5.92 Å². The van der Waals surface area contributed by atoms with Crippen LogP contribution in [0.5, 0.6) is 0 Å². The fraction of sp³-hybridized carbons (Fsp3) is 0.273. The molecule has 0 radical (unpaired) electrons. The van der Waals surface area contributed by atoms with Crippen molar-refractivity contribution in [1.82, 2.24) is 0 Å². The van der Waals surface area contributed by atoms with E-state index in [4.69, 9.17) is 0 Å². The number of aryl methyl sites for hydroxylation is 1. The van der Waals surface area contributed by atoms with Crippen molar-refractivity contribution in [3.8, 4) is 0 Å². The maximum Gasteiger partial charge on any atom is 1.00 e. The van der Waals surface area contributed by atoms with E-state index in [2.05, 4.69) is 44.2 Å². The summed E-state index contributed by atoms with van der Waals surface area (Å²) in [6.45, 7) is 4.41. The summed E-state index contributed by atoms with van der Waals surface area (Å²) in [5, 5.41) is 0. The van der Waals surface area contributed by atoms with Gasteiger partial charge in [-0.15, -0.1) is 0 Å². The second-order valence-electron chi connectivity index (χ2n) is 3.23. The minimum absolute atomic E-state index is 0. The Kier molecular flexibility index (Phi) is 2.83. The number of rotatable bonds is 0. The van der Waals surface area contributed by atoms with E-state index in [1.165, 1.54) is 16.7 Å². The first-order chi connectivity index (χ1) is 5.29. The predicted molar refractivity (Wildman–Crippen MR) is 49.7 cm³/mol. The number of hydrogen-bond donors (Lipinski definition) is 0. The molecule has 1 unspecified atom stereocenters. The molecule has 1 heteroatoms. The van der Waals surface area contributed by atoms with E-state index >= 15 is 0 Å². The summed E-state index contributed by atoms with van der Waals surface area (Å²) in [7, 11) is 0. The van der Waals surface area contributed by atoms with E-state index < -0.39 is 0 Å². The van der Waals surface area contributed by atoms with Crippen molar-refractivity contribution in [2.75, 3.05) is 0 Å². The first-order valence-electron chi connectivity index (χ1n) is 4.07. The molecule has 0 saturated carbocycles. The Morgan fingerprint density at radius 3 is 2.75 bits per heavy atom. The van der Waals surface area contributed by atoms with Crippen LogP contribution in [0, 0.1) is 6.92 Å². The molecule has 1 aromatic carbocycles. The maximum atomic E-state index is 2.26. The van der Waals surface area contributed by atoms with Gasteiger partial charge in [0.25, 0.3) is 0 Å². The van der Waals surface area contributed by atoms with Crippen LogP contribution in [0.25, 0.3) is 6.08 Å². The van der Waals surface area contributed by atoms with E-state index in [0.717, 1.165) is 0 Å². The third-order valence-corrected chi connectivity index (χ3v) is 2.40. The van der Waals surface area contributed by atoms with Crippen LogP contribution in [0.3, 0.4) is 0 Å². The van der Waals surface area contributed by atoms with Crippen LogP contribution in [0.1, 0.15) is 31.0 Å². The first kappa shape index (κ1) is 9.64. The van der Waals surface area contributed by atoms with Crippen LogP contribution >= 0.6 is 0 Å². The van der Waals surface area contributed by atoms with Gasteiger partial charge in [-0.05, 0) is 29.5 Å². The Morgan fingerprint density at radius 2 is 2.08 bits per heavy atom. The van der Waals surface area contributed by atoms with Gasteiger partial charge >= 0.3 is 18.9 Å². The van der Waals surface area contributed by atoms with Gasteiger partial charge < -0.3 is 1.43 Å². The smallest absolute Gasteiger partial charge is 1.00 e. The van der Waals surface area contributed by atoms with Gasteiger partial charge in [0.2, 0.25) is 0 Å². The fourth-order valence-corrected chi connectivity index (χ4v) is 1.67. The van der Waals surface area contributed by atoms with Gasteiger partial charge in [0.15, 0.2) is 0 Å². The first-order valence-corrected chi connectivity index (χ1v) is 4.07. The van der Waals surface area contributed by atoms with Crippen LogP contribution < -0.4 is 18.9 Å². The van der Waals surface area contributed by atoms with Gasteiger partial charge in [-0.2, -0.15) is 0 Å². The summed E-state index contributed by atoms with van der Waals surface area (Å²) < 4.78 is 0. The average molecular weight is 152 g/mol. The van der Waals surface area contributed by atoms with Crippen molar-refractivity contribution >= 4 is 6.08 Å². The molecule has 1 aliphatic carbocycles. The largest absolute Gasteiger partial charge is 1.00 e. The molecule has 1 atom stereocenters. The SMILES string of the molecule is Cc1cccc2c1C=CC2C.[H-].[Li+]. The normalized spacial score (nSPS) is 18.7. The predicted octanol–water partition coefficient (Wildman–Crippen LogP) is 0.242. The van der Waals surface area contributed by atoms with Crippen molar-refractivity contribution in [1.29, 1.82) is 0 Å². The third-order valence-electron chi connectivity index (χ3n) is 2.40. The minimum Gasteiger partial charge on any atom is -1.00 e. The number of hydrogen-bond acceptors (Lipinski definition) is 0. The molecule has 0 amide bonds. The molecular formula is C11H13Li. The van der Waals surface area contributed by atoms with Crippen LogP contribution in [-0.2, 0) is 0 Å². The maximum absolute atomic E-state index is 2.26. The molecule has 0 nitrogen and oxygen atoms in total. The molecule has 0 N–H and O–H groups in total. The molecule has 0 aliphatic heterocycles. The summed E-state index contributed by atoms with van der Waals surface area (Å²) in [5.41, 5.74) is 4.30. The van der Waals surface area contributed by atoms with Gasteiger partial charge in [-0.3, -0.25) is 0 Å². The fourth-order valence-electron chi connectivity index (χ4n) is 1.67. The molecule has 2 rings (SSSR count). The Balaban J connectivity index is 0.000000720. The van der Waals surface area contributed by atoms with Crippen molar-refractivity contribution in [3.05, 3.63) is 41.0 Å². The summed E-state index contributed by atoms with van der Waals surface area (Å²) in [5.74, 6) is 0.616. The van der Waals surface area contributed by atoms with Crippen LogP contribution in [0.4, 0.5) is 0 Å². The van der Waals surface area contributed by atoms with Crippen molar-refractivity contribution < 1.29 is 20.3 Å². The molecule has 0 heterocycles. The number of allylic oxidation sites excluding steroid dienone is 1. The number of benzene rings is 1. The molecule has 0 saturated heterocycles. The minimum atomic E-state index is 0. The van der Waals surface area contributed by atoms with E-state index in [9.17, 15) is 0 Å². The number of fused-ring (bicyclic) bond motifs is 1. The Bertz CT molecular complexity index is 318. The van der Waals surface area contributed by atoms with Crippen molar-refractivity contribution in [2.45, 2.75) is 19.8 Å². The quantitative estimate of drug-likeness (QED) is 0.467. The van der Waals surface area contributed by atoms with Gasteiger partial charge in [0, 0.05) is 0 Å². The van der Waals surface area contributed by atoms with E-state index in [-0.39, 0.29) is 20.3 Å². The molecule has 0 spiro atoms. The summed E-state index contributed by atoms with van der Waals surface area (Å²) in [6.07, 6.45) is 4.49. The molecule has 58 valence electrons. The van der Waals surface area contributed by atoms with E-state index in [1.54, 1.807) is 0 Å². The summed E-state index contributed by atoms with van der Waals surface area (Å²) in [4.78, 5) is 0. The summed E-state index contributed by atoms with van der Waals surface area (Å²) in [6, 6.07) is 6.52. The van der Waals surface area contributed by atoms with E-state index in [1.807, 2.05) is 0 Å². The Labute approximate surface area is 87.3 Å². The van der Waals surface area contributed by atoms with Gasteiger partial charge in [0.1, 0.15) is 0 Å². The monoisotopic (exact) mass is 152 g/mol. The Hall–Kier alpha value is -0.443. The zero-order chi connectivity index (χ0) is 7.84. The second kappa shape index (κ2) is 3.52. The standard InChI is InChI=1S/C11H12.Li.H/c1-8-4-3-5-10-9(2)6-7-11(8)10;;/h3-7,9H,1-2H3;;/q;+1;-1. The summed E-state index contributed by atoms with van der Waals surface area (Å²) >= 11 is 0. The molecule has 0 bridgehead atoms.